The van der Waals surface area contributed by atoms with Gasteiger partial charge in [0.25, 0.3) is 0 Å². The highest BCUT2D eigenvalue weighted by Crippen LogP contribution is 2.37. The second-order valence-corrected chi connectivity index (χ2v) is 7.25. The van der Waals surface area contributed by atoms with Crippen LogP contribution in [-0.2, 0) is 4.79 Å². The molecule has 2 aliphatic rings. The van der Waals surface area contributed by atoms with Crippen molar-refractivity contribution >= 4 is 17.7 Å². The van der Waals surface area contributed by atoms with Gasteiger partial charge >= 0.3 is 0 Å². The number of thioether (sulfide) groups is 1. The molecule has 2 fully saturated rings. The number of amides is 1. The van der Waals surface area contributed by atoms with E-state index in [0.29, 0.717) is 6.42 Å². The zero-order valence-corrected chi connectivity index (χ0v) is 10.9. The fraction of sp³-hybridized carbons (Fsp3) is 0.917. The summed E-state index contributed by atoms with van der Waals surface area (Å²) in [7, 11) is 0. The van der Waals surface area contributed by atoms with Crippen molar-refractivity contribution in [2.24, 2.45) is 5.73 Å². The fourth-order valence-corrected chi connectivity index (χ4v) is 3.70. The first-order chi connectivity index (χ1) is 7.52. The lowest BCUT2D eigenvalue weighted by Gasteiger charge is -2.37. The summed E-state index contributed by atoms with van der Waals surface area (Å²) in [4.78, 5) is 11.8. The lowest BCUT2D eigenvalue weighted by molar-refractivity contribution is -0.123. The van der Waals surface area contributed by atoms with E-state index >= 15 is 0 Å². The summed E-state index contributed by atoms with van der Waals surface area (Å²) < 4.78 is 0.261. The average Bonchev–Trinajstić information content (AvgIpc) is 2.61. The highest BCUT2D eigenvalue weighted by atomic mass is 32.2. The maximum atomic E-state index is 11.8. The van der Waals surface area contributed by atoms with Crippen LogP contribution in [-0.4, -0.2) is 28.5 Å². The van der Waals surface area contributed by atoms with Crippen LogP contribution in [0.15, 0.2) is 0 Å². The molecular weight excluding hydrogens is 220 g/mol. The van der Waals surface area contributed by atoms with Gasteiger partial charge in [-0.3, -0.25) is 4.79 Å². The van der Waals surface area contributed by atoms with Crippen molar-refractivity contribution in [3.05, 3.63) is 0 Å². The van der Waals surface area contributed by atoms with Crippen molar-refractivity contribution in [3.63, 3.8) is 0 Å². The van der Waals surface area contributed by atoms with Crippen LogP contribution < -0.4 is 11.1 Å². The molecule has 1 heterocycles. The van der Waals surface area contributed by atoms with Crippen LogP contribution in [0.4, 0.5) is 0 Å². The van der Waals surface area contributed by atoms with E-state index in [1.165, 1.54) is 25.0 Å². The van der Waals surface area contributed by atoms with Gasteiger partial charge < -0.3 is 11.1 Å². The van der Waals surface area contributed by atoms with Crippen LogP contribution in [0.25, 0.3) is 0 Å². The Balaban J connectivity index is 1.71. The maximum Gasteiger partial charge on any atom is 0.221 e. The first kappa shape index (κ1) is 12.2. The first-order valence-electron chi connectivity index (χ1n) is 6.21. The minimum absolute atomic E-state index is 0.135. The van der Waals surface area contributed by atoms with Crippen molar-refractivity contribution < 1.29 is 4.79 Å². The summed E-state index contributed by atoms with van der Waals surface area (Å²) >= 11 is 1.98. The molecule has 16 heavy (non-hydrogen) atoms. The van der Waals surface area contributed by atoms with E-state index in [4.69, 9.17) is 5.73 Å². The van der Waals surface area contributed by atoms with Crippen molar-refractivity contribution in [2.45, 2.75) is 55.7 Å². The number of hydrogen-bond acceptors (Lipinski definition) is 3. The molecule has 1 saturated carbocycles. The van der Waals surface area contributed by atoms with Gasteiger partial charge in [0.2, 0.25) is 5.91 Å². The standard InChI is InChI=1S/C12H22N2OS/c1-11(4-3-7-16-11)9-14-10(15)8-12(13)5-2-6-12/h2-9,13H2,1H3,(H,14,15). The predicted octanol–water partition coefficient (Wildman–Crippen LogP) is 1.66. The van der Waals surface area contributed by atoms with Gasteiger partial charge in [0, 0.05) is 23.3 Å². The summed E-state index contributed by atoms with van der Waals surface area (Å²) in [5.41, 5.74) is 5.87. The molecule has 1 unspecified atom stereocenters. The van der Waals surface area contributed by atoms with E-state index in [-0.39, 0.29) is 16.2 Å². The van der Waals surface area contributed by atoms with E-state index in [2.05, 4.69) is 12.2 Å². The van der Waals surface area contributed by atoms with Gasteiger partial charge in [-0.15, -0.1) is 0 Å². The molecule has 1 aliphatic carbocycles. The Labute approximate surface area is 102 Å². The molecule has 92 valence electrons. The fourth-order valence-electron chi connectivity index (χ4n) is 2.45. The van der Waals surface area contributed by atoms with Crippen molar-refractivity contribution in [1.29, 1.82) is 0 Å². The van der Waals surface area contributed by atoms with Gasteiger partial charge in [0.05, 0.1) is 0 Å². The van der Waals surface area contributed by atoms with Crippen LogP contribution in [0.2, 0.25) is 0 Å². The smallest absolute Gasteiger partial charge is 0.221 e. The van der Waals surface area contributed by atoms with Gasteiger partial charge in [0.15, 0.2) is 0 Å². The summed E-state index contributed by atoms with van der Waals surface area (Å²) in [6.45, 7) is 3.04. The third kappa shape index (κ3) is 2.92. The predicted molar refractivity (Wildman–Crippen MR) is 68.5 cm³/mol. The van der Waals surface area contributed by atoms with E-state index in [0.717, 1.165) is 19.4 Å². The summed E-state index contributed by atoms with van der Waals surface area (Å²) in [5.74, 6) is 1.36. The van der Waals surface area contributed by atoms with Crippen LogP contribution >= 0.6 is 11.8 Å². The second-order valence-electron chi connectivity index (χ2n) is 5.57. The van der Waals surface area contributed by atoms with Crippen LogP contribution in [0.3, 0.4) is 0 Å². The van der Waals surface area contributed by atoms with Gasteiger partial charge in [-0.25, -0.2) is 0 Å². The van der Waals surface area contributed by atoms with Crippen molar-refractivity contribution in [1.82, 2.24) is 5.32 Å². The molecule has 1 amide bonds. The Kier molecular flexibility index (Phi) is 3.50. The monoisotopic (exact) mass is 242 g/mol. The summed E-state index contributed by atoms with van der Waals surface area (Å²) in [6, 6.07) is 0. The Morgan fingerprint density at radius 3 is 2.62 bits per heavy atom. The topological polar surface area (TPSA) is 55.1 Å². The zero-order chi connectivity index (χ0) is 11.6. The number of hydrogen-bond donors (Lipinski definition) is 2. The normalized spacial score (nSPS) is 32.1. The highest BCUT2D eigenvalue weighted by Gasteiger charge is 2.35. The van der Waals surface area contributed by atoms with Crippen molar-refractivity contribution in [2.75, 3.05) is 12.3 Å². The number of rotatable bonds is 4. The highest BCUT2D eigenvalue weighted by molar-refractivity contribution is 8.00. The van der Waals surface area contributed by atoms with Gasteiger partial charge in [0.1, 0.15) is 0 Å². The number of carbonyl (C=O) groups is 1. The molecule has 0 aromatic carbocycles. The molecule has 0 radical (unpaired) electrons. The molecule has 3 N–H and O–H groups in total. The zero-order valence-electron chi connectivity index (χ0n) is 10.1. The van der Waals surface area contributed by atoms with Gasteiger partial charge in [-0.2, -0.15) is 11.8 Å². The molecule has 0 aromatic heterocycles. The number of nitrogens with two attached hydrogens (primary N) is 1. The lowest BCUT2D eigenvalue weighted by Crippen LogP contribution is -2.50. The summed E-state index contributed by atoms with van der Waals surface area (Å²) in [5, 5.41) is 3.05. The average molecular weight is 242 g/mol. The lowest BCUT2D eigenvalue weighted by atomic mass is 9.75. The quantitative estimate of drug-likeness (QED) is 0.788. The molecule has 1 atom stereocenters. The van der Waals surface area contributed by atoms with Gasteiger partial charge in [-0.05, 0) is 44.8 Å². The minimum atomic E-state index is -0.187. The molecule has 0 bridgehead atoms. The summed E-state index contributed by atoms with van der Waals surface area (Å²) in [6.07, 6.45) is 6.19. The largest absolute Gasteiger partial charge is 0.355 e. The molecule has 1 aliphatic heterocycles. The third-order valence-electron chi connectivity index (χ3n) is 3.82. The molecule has 0 spiro atoms. The van der Waals surface area contributed by atoms with Crippen LogP contribution in [0, 0.1) is 0 Å². The van der Waals surface area contributed by atoms with E-state index in [9.17, 15) is 4.79 Å². The Morgan fingerprint density at radius 1 is 1.38 bits per heavy atom. The van der Waals surface area contributed by atoms with E-state index in [1.54, 1.807) is 0 Å². The Bertz CT molecular complexity index is 270. The number of carbonyl (C=O) groups excluding carboxylic acids is 1. The molecule has 4 heteroatoms. The second kappa shape index (κ2) is 4.57. The Hall–Kier alpha value is -0.220. The first-order valence-corrected chi connectivity index (χ1v) is 7.20. The molecule has 1 saturated heterocycles. The molecule has 2 rings (SSSR count). The van der Waals surface area contributed by atoms with Gasteiger partial charge in [-0.1, -0.05) is 0 Å². The molecule has 3 nitrogen and oxygen atoms in total. The van der Waals surface area contributed by atoms with Crippen LogP contribution in [0.1, 0.15) is 45.4 Å². The molecule has 0 aromatic rings. The maximum absolute atomic E-state index is 11.8. The molecular formula is C12H22N2OS. The SMILES string of the molecule is CC1(CNC(=O)CC2(N)CCC2)CCCS1. The van der Waals surface area contributed by atoms with Crippen molar-refractivity contribution in [3.8, 4) is 0 Å². The van der Waals surface area contributed by atoms with E-state index < -0.39 is 0 Å². The third-order valence-corrected chi connectivity index (χ3v) is 5.36. The minimum Gasteiger partial charge on any atom is -0.355 e. The Morgan fingerprint density at radius 2 is 2.12 bits per heavy atom. The number of nitrogens with one attached hydrogen (secondary N) is 1. The van der Waals surface area contributed by atoms with Crippen LogP contribution in [0.5, 0.6) is 0 Å². The van der Waals surface area contributed by atoms with E-state index in [1.807, 2.05) is 11.8 Å².